The standard InChI is InChI=1S/C20H33N3.C18H28N2.2C17H28N2.C15H23NO/c1-17(2)19-6-4-18(5-7-19)16-22-12-14-23(15-13-22)20-8-10-21(3)11-9-20;1-15(2)18-7-5-17(6-8-18)14-20-11-9-19(10-12-20)13-16-3-4-16;1-17(2,3)15-8-6-14(7-9-15)12-19-11-10-16(13-19)18(4)5;1-5-18-10-12-19(13-11-18)15(4)17-8-6-16(7-9-17)14(2)3;1-12(2)14-5-3-13(4-6-14)11-16-9-7-15(17)8-10-16/h4-7,17,20H,8-16H2,1-3H3;5-8,15-16H,3-4,9-14H2,1-2H3;6-9,16H,10-13H2,1-5H3;6-9,14-15H,5,10-13H2,1-4H3;3-6,12,15,17H,7-11H2,1-2H3. The van der Waals surface area contributed by atoms with Crippen LogP contribution >= 0.6 is 0 Å². The lowest BCUT2D eigenvalue weighted by Crippen LogP contribution is -2.52. The van der Waals surface area contributed by atoms with Gasteiger partial charge in [0.05, 0.1) is 6.10 Å². The Kier molecular flexibility index (Phi) is 32.3. The fourth-order valence-electron chi connectivity index (χ4n) is 14.9. The van der Waals surface area contributed by atoms with Crippen LogP contribution in [0.2, 0.25) is 0 Å². The normalized spacial score (nSPS) is 21.0. The van der Waals surface area contributed by atoms with E-state index in [1.54, 1.807) is 0 Å². The molecule has 6 heterocycles. The van der Waals surface area contributed by atoms with Gasteiger partial charge in [-0.3, -0.25) is 29.4 Å². The molecule has 6 aliphatic heterocycles. The van der Waals surface area contributed by atoms with E-state index < -0.39 is 0 Å². The van der Waals surface area contributed by atoms with Gasteiger partial charge in [0.2, 0.25) is 0 Å². The molecule has 12 rings (SSSR count). The topological polar surface area (TPSA) is 52.6 Å². The summed E-state index contributed by atoms with van der Waals surface area (Å²) in [5, 5.41) is 9.46. The number of piperidine rings is 2. The van der Waals surface area contributed by atoms with E-state index >= 15 is 0 Å². The second-order valence-corrected chi connectivity index (χ2v) is 33.1. The molecule has 0 amide bonds. The minimum Gasteiger partial charge on any atom is -0.393 e. The van der Waals surface area contributed by atoms with Crippen LogP contribution in [0.1, 0.15) is 220 Å². The average Bonchev–Trinajstić information content (AvgIpc) is 1.17. The number of rotatable bonds is 19. The lowest BCUT2D eigenvalue weighted by Gasteiger charge is -2.42. The summed E-state index contributed by atoms with van der Waals surface area (Å²) in [6.45, 7) is 58.0. The molecular formula is C87H140N10O. The maximum atomic E-state index is 9.46. The van der Waals surface area contributed by atoms with Gasteiger partial charge in [0.25, 0.3) is 0 Å². The Hall–Kier alpha value is -4.34. The molecule has 544 valence electrons. The van der Waals surface area contributed by atoms with Gasteiger partial charge >= 0.3 is 0 Å². The maximum absolute atomic E-state index is 9.46. The molecule has 1 aliphatic carbocycles. The zero-order valence-corrected chi connectivity index (χ0v) is 65.1. The lowest BCUT2D eigenvalue weighted by molar-refractivity contribution is 0.0618. The molecule has 2 atom stereocenters. The molecule has 5 aromatic rings. The summed E-state index contributed by atoms with van der Waals surface area (Å²) in [5.74, 6) is 3.52. The summed E-state index contributed by atoms with van der Waals surface area (Å²) < 4.78 is 0. The highest BCUT2D eigenvalue weighted by atomic mass is 16.3. The number of piperazine rings is 3. The molecule has 11 heteroatoms. The van der Waals surface area contributed by atoms with Crippen molar-refractivity contribution in [1.29, 1.82) is 0 Å². The van der Waals surface area contributed by atoms with E-state index in [0.29, 0.717) is 29.7 Å². The molecule has 5 aromatic carbocycles. The molecule has 11 nitrogen and oxygen atoms in total. The van der Waals surface area contributed by atoms with E-state index in [9.17, 15) is 5.11 Å². The average molecular weight is 1340 g/mol. The summed E-state index contributed by atoms with van der Waals surface area (Å²) in [4.78, 5) is 25.6. The number of hydrogen-bond donors (Lipinski definition) is 1. The van der Waals surface area contributed by atoms with Crippen LogP contribution in [0.3, 0.4) is 0 Å². The second-order valence-electron chi connectivity index (χ2n) is 33.1. The van der Waals surface area contributed by atoms with Gasteiger partial charge < -0.3 is 24.7 Å². The number of likely N-dealkylation sites (N-methyl/N-ethyl adjacent to an activating group) is 2. The molecule has 7 aliphatic rings. The monoisotopic (exact) mass is 1340 g/mol. The molecule has 2 unspecified atom stereocenters. The molecule has 1 N–H and O–H groups in total. The van der Waals surface area contributed by atoms with E-state index in [4.69, 9.17) is 0 Å². The quantitative estimate of drug-likeness (QED) is 0.0860. The van der Waals surface area contributed by atoms with Crippen LogP contribution in [0.25, 0.3) is 0 Å². The van der Waals surface area contributed by atoms with Gasteiger partial charge in [0.1, 0.15) is 0 Å². The Morgan fingerprint density at radius 3 is 1.14 bits per heavy atom. The molecule has 0 radical (unpaired) electrons. The van der Waals surface area contributed by atoms with E-state index in [2.05, 4.69) is 281 Å². The van der Waals surface area contributed by atoms with E-state index in [1.165, 1.54) is 206 Å². The minimum absolute atomic E-state index is 0.0745. The highest BCUT2D eigenvalue weighted by Crippen LogP contribution is 2.31. The van der Waals surface area contributed by atoms with Crippen molar-refractivity contribution in [2.75, 3.05) is 152 Å². The third-order valence-electron chi connectivity index (χ3n) is 22.7. The Balaban J connectivity index is 0.000000157. The first-order chi connectivity index (χ1) is 46.9. The summed E-state index contributed by atoms with van der Waals surface area (Å²) in [6.07, 6.45) is 8.72. The summed E-state index contributed by atoms with van der Waals surface area (Å²) in [5.41, 5.74) is 14.6. The Morgan fingerprint density at radius 2 is 0.755 bits per heavy atom. The first kappa shape index (κ1) is 79.4. The van der Waals surface area contributed by atoms with E-state index in [-0.39, 0.29) is 11.5 Å². The van der Waals surface area contributed by atoms with Crippen LogP contribution in [-0.4, -0.2) is 224 Å². The Labute approximate surface area is 600 Å². The molecule has 1 saturated carbocycles. The van der Waals surface area contributed by atoms with Gasteiger partial charge in [-0.1, -0.05) is 204 Å². The first-order valence-corrected chi connectivity index (χ1v) is 39.3. The van der Waals surface area contributed by atoms with E-state index in [1.807, 2.05) is 0 Å². The number of aliphatic hydroxyl groups is 1. The molecule has 6 saturated heterocycles. The van der Waals surface area contributed by atoms with Crippen molar-refractivity contribution in [2.24, 2.45) is 5.92 Å². The number of aliphatic hydroxyl groups excluding tert-OH is 1. The maximum Gasteiger partial charge on any atom is 0.0564 e. The van der Waals surface area contributed by atoms with Gasteiger partial charge in [-0.05, 0) is 183 Å². The second kappa shape index (κ2) is 39.9. The Morgan fingerprint density at radius 1 is 0.398 bits per heavy atom. The summed E-state index contributed by atoms with van der Waals surface area (Å²) in [7, 11) is 6.62. The molecule has 98 heavy (non-hydrogen) atoms. The highest BCUT2D eigenvalue weighted by molar-refractivity contribution is 5.30. The van der Waals surface area contributed by atoms with Crippen molar-refractivity contribution >= 4 is 0 Å². The van der Waals surface area contributed by atoms with Gasteiger partial charge in [0.15, 0.2) is 0 Å². The van der Waals surface area contributed by atoms with Gasteiger partial charge in [-0.2, -0.15) is 0 Å². The van der Waals surface area contributed by atoms with Gasteiger partial charge in [0, 0.05) is 156 Å². The number of benzene rings is 5. The third-order valence-corrected chi connectivity index (χ3v) is 22.7. The van der Waals surface area contributed by atoms with Crippen LogP contribution in [-0.2, 0) is 31.6 Å². The smallest absolute Gasteiger partial charge is 0.0564 e. The van der Waals surface area contributed by atoms with Crippen LogP contribution in [0.5, 0.6) is 0 Å². The molecular weight excluding hydrogens is 1200 g/mol. The van der Waals surface area contributed by atoms with Gasteiger partial charge in [-0.15, -0.1) is 0 Å². The summed E-state index contributed by atoms with van der Waals surface area (Å²) >= 11 is 0. The van der Waals surface area contributed by atoms with Crippen molar-refractivity contribution in [1.82, 2.24) is 49.0 Å². The highest BCUT2D eigenvalue weighted by Gasteiger charge is 2.29. The zero-order valence-electron chi connectivity index (χ0n) is 65.1. The Bertz CT molecular complexity index is 2930. The van der Waals surface area contributed by atoms with Crippen molar-refractivity contribution in [3.63, 3.8) is 0 Å². The fourth-order valence-corrected chi connectivity index (χ4v) is 14.9. The number of hydrogen-bond acceptors (Lipinski definition) is 11. The molecule has 7 fully saturated rings. The van der Waals surface area contributed by atoms with Crippen molar-refractivity contribution < 1.29 is 5.11 Å². The van der Waals surface area contributed by atoms with Crippen molar-refractivity contribution in [2.45, 2.75) is 214 Å². The van der Waals surface area contributed by atoms with Crippen molar-refractivity contribution in [3.8, 4) is 0 Å². The summed E-state index contributed by atoms with van der Waals surface area (Å²) in [6, 6.07) is 47.9. The van der Waals surface area contributed by atoms with Crippen LogP contribution in [0.15, 0.2) is 121 Å². The van der Waals surface area contributed by atoms with Crippen LogP contribution in [0, 0.1) is 5.92 Å². The minimum atomic E-state index is -0.0745. The van der Waals surface area contributed by atoms with Crippen LogP contribution < -0.4 is 0 Å². The molecule has 0 aromatic heterocycles. The molecule has 0 bridgehead atoms. The SMILES string of the molecule is CC(C)c1ccc(CN2CCC(O)CC2)cc1.CC(C)c1ccc(CN2CCN(C3CCN(C)CC3)CC2)cc1.CC(C)c1ccc(CN2CCN(CC3CC3)CC2)cc1.CCN1CCN(C(C)c2ccc(C(C)C)cc2)CC1.CN(C)C1CCN(Cc2ccc(C(C)(C)C)cc2)C1. The predicted molar refractivity (Wildman–Crippen MR) is 419 cm³/mol. The number of likely N-dealkylation sites (tertiary alicyclic amines) is 3. The first-order valence-electron chi connectivity index (χ1n) is 39.3. The molecule has 0 spiro atoms. The van der Waals surface area contributed by atoms with Gasteiger partial charge in [-0.25, -0.2) is 0 Å². The zero-order chi connectivity index (χ0) is 70.3. The van der Waals surface area contributed by atoms with Crippen molar-refractivity contribution in [3.05, 3.63) is 177 Å². The predicted octanol–water partition coefficient (Wildman–Crippen LogP) is 15.8. The largest absolute Gasteiger partial charge is 0.393 e. The number of nitrogens with zero attached hydrogens (tertiary/aromatic N) is 10. The lowest BCUT2D eigenvalue weighted by atomic mass is 9.87. The van der Waals surface area contributed by atoms with Crippen LogP contribution in [0.4, 0.5) is 0 Å². The third kappa shape index (κ3) is 26.8. The van der Waals surface area contributed by atoms with E-state index in [0.717, 1.165) is 70.1 Å². The fraction of sp³-hybridized carbons (Fsp3) is 0.655.